The van der Waals surface area contributed by atoms with Crippen molar-refractivity contribution in [2.75, 3.05) is 25.5 Å². The number of carbonyl (C=O) groups excluding carboxylic acids is 1. The monoisotopic (exact) mass is 340 g/mol. The highest BCUT2D eigenvalue weighted by Crippen LogP contribution is 2.18. The second kappa shape index (κ2) is 7.96. The first-order valence-corrected chi connectivity index (χ1v) is 8.60. The summed E-state index contributed by atoms with van der Waals surface area (Å²) < 4.78 is 5.11. The van der Waals surface area contributed by atoms with E-state index < -0.39 is 0 Å². The molecular weight excluding hydrogens is 316 g/mol. The Labute approximate surface area is 148 Å². The highest BCUT2D eigenvalue weighted by molar-refractivity contribution is 5.78. The number of rotatable bonds is 5. The molecule has 0 radical (unpaired) electrons. The van der Waals surface area contributed by atoms with Gasteiger partial charge in [-0.3, -0.25) is 4.79 Å². The fraction of sp³-hybridized carbons (Fsp3) is 0.421. The number of likely N-dealkylation sites (tertiary alicyclic amines) is 1. The van der Waals surface area contributed by atoms with Crippen LogP contribution in [-0.4, -0.2) is 47.0 Å². The van der Waals surface area contributed by atoms with Crippen molar-refractivity contribution < 1.29 is 9.53 Å². The highest BCUT2D eigenvalue weighted by Gasteiger charge is 2.23. The third-order valence-electron chi connectivity index (χ3n) is 4.53. The van der Waals surface area contributed by atoms with Crippen LogP contribution in [0.5, 0.6) is 5.88 Å². The molecule has 1 fully saturated rings. The van der Waals surface area contributed by atoms with Crippen LogP contribution in [-0.2, 0) is 11.2 Å². The summed E-state index contributed by atoms with van der Waals surface area (Å²) in [7, 11) is 1.59. The third-order valence-corrected chi connectivity index (χ3v) is 4.53. The first-order chi connectivity index (χ1) is 12.1. The van der Waals surface area contributed by atoms with Crippen LogP contribution >= 0.6 is 0 Å². The summed E-state index contributed by atoms with van der Waals surface area (Å²) in [6.07, 6.45) is 3.78. The van der Waals surface area contributed by atoms with Crippen LogP contribution in [0.4, 0.5) is 5.82 Å². The maximum atomic E-state index is 12.5. The lowest BCUT2D eigenvalue weighted by atomic mass is 10.0. The molecule has 2 heterocycles. The Balaban J connectivity index is 1.49. The van der Waals surface area contributed by atoms with Gasteiger partial charge in [0.1, 0.15) is 12.1 Å². The fourth-order valence-electron chi connectivity index (χ4n) is 3.00. The van der Waals surface area contributed by atoms with Crippen molar-refractivity contribution in [2.24, 2.45) is 0 Å². The van der Waals surface area contributed by atoms with E-state index >= 15 is 0 Å². The lowest BCUT2D eigenvalue weighted by Crippen LogP contribution is -2.43. The molecular formula is C19H24N4O2. The summed E-state index contributed by atoms with van der Waals surface area (Å²) in [5.41, 5.74) is 2.29. The second-order valence-electron chi connectivity index (χ2n) is 6.41. The van der Waals surface area contributed by atoms with Crippen molar-refractivity contribution in [3.05, 3.63) is 47.8 Å². The molecule has 1 aromatic carbocycles. The molecule has 0 atom stereocenters. The van der Waals surface area contributed by atoms with Gasteiger partial charge in [-0.2, -0.15) is 0 Å². The molecule has 0 unspecified atom stereocenters. The van der Waals surface area contributed by atoms with Gasteiger partial charge in [-0.15, -0.1) is 0 Å². The Morgan fingerprint density at radius 1 is 1.24 bits per heavy atom. The summed E-state index contributed by atoms with van der Waals surface area (Å²) in [6.45, 7) is 3.59. The van der Waals surface area contributed by atoms with E-state index in [0.29, 0.717) is 18.3 Å². The van der Waals surface area contributed by atoms with Crippen LogP contribution in [0.2, 0.25) is 0 Å². The number of aryl methyl sites for hydroxylation is 1. The molecule has 0 bridgehead atoms. The first-order valence-electron chi connectivity index (χ1n) is 8.60. The van der Waals surface area contributed by atoms with E-state index in [1.807, 2.05) is 17.0 Å². The van der Waals surface area contributed by atoms with Crippen molar-refractivity contribution >= 4 is 11.7 Å². The quantitative estimate of drug-likeness (QED) is 0.905. The second-order valence-corrected chi connectivity index (χ2v) is 6.41. The minimum atomic E-state index is 0.200. The minimum absolute atomic E-state index is 0.200. The van der Waals surface area contributed by atoms with Gasteiger partial charge >= 0.3 is 0 Å². The fourth-order valence-corrected chi connectivity index (χ4v) is 3.00. The molecule has 1 saturated heterocycles. The molecule has 1 amide bonds. The smallest absolute Gasteiger partial charge is 0.226 e. The number of carbonyl (C=O) groups is 1. The van der Waals surface area contributed by atoms with Gasteiger partial charge in [0.25, 0.3) is 0 Å². The van der Waals surface area contributed by atoms with E-state index in [4.69, 9.17) is 4.74 Å². The maximum Gasteiger partial charge on any atom is 0.226 e. The van der Waals surface area contributed by atoms with E-state index in [1.165, 1.54) is 11.9 Å². The molecule has 6 nitrogen and oxygen atoms in total. The molecule has 0 aliphatic carbocycles. The molecule has 6 heteroatoms. The van der Waals surface area contributed by atoms with E-state index in [2.05, 4.69) is 34.3 Å². The molecule has 3 rings (SSSR count). The van der Waals surface area contributed by atoms with E-state index in [1.54, 1.807) is 13.2 Å². The van der Waals surface area contributed by atoms with E-state index in [0.717, 1.165) is 37.3 Å². The molecule has 2 aromatic rings. The van der Waals surface area contributed by atoms with Crippen LogP contribution in [0, 0.1) is 6.92 Å². The summed E-state index contributed by atoms with van der Waals surface area (Å²) in [4.78, 5) is 22.6. The van der Waals surface area contributed by atoms with Crippen LogP contribution in [0.3, 0.4) is 0 Å². The number of methoxy groups -OCH3 is 1. The van der Waals surface area contributed by atoms with E-state index in [-0.39, 0.29) is 5.91 Å². The van der Waals surface area contributed by atoms with Gasteiger partial charge in [-0.05, 0) is 25.3 Å². The van der Waals surface area contributed by atoms with Gasteiger partial charge in [-0.25, -0.2) is 9.97 Å². The zero-order valence-corrected chi connectivity index (χ0v) is 14.7. The number of benzene rings is 1. The van der Waals surface area contributed by atoms with Crippen molar-refractivity contribution in [3.8, 4) is 5.88 Å². The molecule has 1 aliphatic heterocycles. The molecule has 1 aliphatic rings. The third kappa shape index (κ3) is 4.68. The average Bonchev–Trinajstić information content (AvgIpc) is 2.64. The normalized spacial score (nSPS) is 15.0. The molecule has 1 aromatic heterocycles. The number of nitrogens with zero attached hydrogens (tertiary/aromatic N) is 3. The Morgan fingerprint density at radius 3 is 2.64 bits per heavy atom. The molecule has 0 spiro atoms. The number of amides is 1. The largest absolute Gasteiger partial charge is 0.481 e. The Hall–Kier alpha value is -2.63. The van der Waals surface area contributed by atoms with Crippen molar-refractivity contribution in [1.82, 2.24) is 14.9 Å². The van der Waals surface area contributed by atoms with Crippen LogP contribution in [0.1, 0.15) is 24.0 Å². The summed E-state index contributed by atoms with van der Waals surface area (Å²) >= 11 is 0. The van der Waals surface area contributed by atoms with Crippen molar-refractivity contribution in [3.63, 3.8) is 0 Å². The van der Waals surface area contributed by atoms with Crippen LogP contribution in [0.15, 0.2) is 36.7 Å². The standard InChI is InChI=1S/C19H24N4O2/c1-14-3-5-15(6-4-14)11-19(24)23-9-7-16(8-10-23)22-17-12-18(25-2)21-13-20-17/h3-6,12-13,16H,7-11H2,1-2H3,(H,20,21,22). The molecule has 132 valence electrons. The first kappa shape index (κ1) is 17.2. The predicted molar refractivity (Wildman–Crippen MR) is 96.7 cm³/mol. The summed E-state index contributed by atoms with van der Waals surface area (Å²) in [5.74, 6) is 1.51. The Bertz CT molecular complexity index is 710. The topological polar surface area (TPSA) is 67.3 Å². The van der Waals surface area contributed by atoms with Gasteiger partial charge in [0, 0.05) is 25.2 Å². The molecule has 25 heavy (non-hydrogen) atoms. The highest BCUT2D eigenvalue weighted by atomic mass is 16.5. The summed E-state index contributed by atoms with van der Waals surface area (Å²) in [5, 5.41) is 3.40. The van der Waals surface area contributed by atoms with Crippen LogP contribution in [0.25, 0.3) is 0 Å². The van der Waals surface area contributed by atoms with Crippen LogP contribution < -0.4 is 10.1 Å². The van der Waals surface area contributed by atoms with E-state index in [9.17, 15) is 4.79 Å². The predicted octanol–water partition coefficient (Wildman–Crippen LogP) is 2.44. The lowest BCUT2D eigenvalue weighted by molar-refractivity contribution is -0.131. The number of nitrogens with one attached hydrogen (secondary N) is 1. The Morgan fingerprint density at radius 2 is 1.96 bits per heavy atom. The number of hydrogen-bond acceptors (Lipinski definition) is 5. The number of aromatic nitrogens is 2. The van der Waals surface area contributed by atoms with Crippen molar-refractivity contribution in [2.45, 2.75) is 32.2 Å². The SMILES string of the molecule is COc1cc(NC2CCN(C(=O)Cc3ccc(C)cc3)CC2)ncn1. The number of anilines is 1. The van der Waals surface area contributed by atoms with Gasteiger partial charge in [0.15, 0.2) is 0 Å². The lowest BCUT2D eigenvalue weighted by Gasteiger charge is -2.32. The van der Waals surface area contributed by atoms with Crippen molar-refractivity contribution in [1.29, 1.82) is 0 Å². The molecule has 1 N–H and O–H groups in total. The average molecular weight is 340 g/mol. The zero-order valence-electron chi connectivity index (χ0n) is 14.7. The number of hydrogen-bond donors (Lipinski definition) is 1. The Kier molecular flexibility index (Phi) is 5.48. The maximum absolute atomic E-state index is 12.5. The van der Waals surface area contributed by atoms with Gasteiger partial charge < -0.3 is 15.0 Å². The molecule has 0 saturated carbocycles. The summed E-state index contributed by atoms with van der Waals surface area (Å²) in [6, 6.07) is 10.3. The number of ether oxygens (including phenoxy) is 1. The minimum Gasteiger partial charge on any atom is -0.481 e. The van der Waals surface area contributed by atoms with Gasteiger partial charge in [-0.1, -0.05) is 29.8 Å². The van der Waals surface area contributed by atoms with Gasteiger partial charge in [0.05, 0.1) is 13.5 Å². The zero-order chi connectivity index (χ0) is 17.6. The number of piperidine rings is 1. The van der Waals surface area contributed by atoms with Gasteiger partial charge in [0.2, 0.25) is 11.8 Å².